The number of nitrogens with zero attached hydrogens (tertiary/aromatic N) is 2. The molecule has 0 aliphatic carbocycles. The van der Waals surface area contributed by atoms with E-state index in [4.69, 9.17) is 4.74 Å². The number of amides is 1. The van der Waals surface area contributed by atoms with Crippen LogP contribution in [0.2, 0.25) is 0 Å². The van der Waals surface area contributed by atoms with E-state index in [2.05, 4.69) is 15.9 Å². The second kappa shape index (κ2) is 8.96. The number of carbonyl (C=O) groups is 1. The maximum absolute atomic E-state index is 12.7. The summed E-state index contributed by atoms with van der Waals surface area (Å²) in [6.07, 6.45) is -4.22. The first-order valence-corrected chi connectivity index (χ1v) is 9.66. The molecule has 2 aromatic rings. The van der Waals surface area contributed by atoms with Gasteiger partial charge in [0.2, 0.25) is 0 Å². The molecule has 150 valence electrons. The molecule has 0 bridgehead atoms. The Labute approximate surface area is 170 Å². The van der Waals surface area contributed by atoms with Gasteiger partial charge in [-0.3, -0.25) is 9.69 Å². The Morgan fingerprint density at radius 3 is 2.32 bits per heavy atom. The smallest absolute Gasteiger partial charge is 0.401 e. The Balaban J connectivity index is 1.57. The van der Waals surface area contributed by atoms with Crippen LogP contribution in [0, 0.1) is 0 Å². The lowest BCUT2D eigenvalue weighted by Gasteiger charge is -2.35. The van der Waals surface area contributed by atoms with Crippen molar-refractivity contribution < 1.29 is 22.7 Å². The lowest BCUT2D eigenvalue weighted by Crippen LogP contribution is -2.50. The molecule has 2 aromatic carbocycles. The minimum atomic E-state index is -4.22. The Hall–Kier alpha value is -2.06. The molecule has 0 aromatic heterocycles. The molecule has 1 fully saturated rings. The number of rotatable bonds is 5. The molecule has 1 amide bonds. The van der Waals surface area contributed by atoms with Crippen molar-refractivity contribution in [2.75, 3.05) is 32.7 Å². The van der Waals surface area contributed by atoms with Gasteiger partial charge in [-0.05, 0) is 39.7 Å². The summed E-state index contributed by atoms with van der Waals surface area (Å²) in [5, 5.41) is 0. The lowest BCUT2D eigenvalue weighted by atomic mass is 10.1. The van der Waals surface area contributed by atoms with Crippen LogP contribution >= 0.6 is 15.9 Å². The van der Waals surface area contributed by atoms with Gasteiger partial charge in [-0.25, -0.2) is 0 Å². The van der Waals surface area contributed by atoms with Crippen molar-refractivity contribution in [1.82, 2.24) is 9.80 Å². The molecule has 0 atom stereocenters. The van der Waals surface area contributed by atoms with Gasteiger partial charge in [0.15, 0.2) is 0 Å². The van der Waals surface area contributed by atoms with Crippen LogP contribution in [0.15, 0.2) is 53.0 Å². The van der Waals surface area contributed by atoms with Gasteiger partial charge in [0, 0.05) is 30.7 Å². The molecule has 1 saturated heterocycles. The third-order valence-electron chi connectivity index (χ3n) is 4.48. The van der Waals surface area contributed by atoms with Gasteiger partial charge in [-0.15, -0.1) is 0 Å². The SMILES string of the molecule is O=C(c1ccc(OCc2ccccc2)cc1Br)N1CCN(CC(F)(F)F)CC1. The quantitative estimate of drug-likeness (QED) is 0.670. The van der Waals surface area contributed by atoms with E-state index in [0.717, 1.165) is 5.56 Å². The molecule has 0 N–H and O–H groups in total. The zero-order valence-electron chi connectivity index (χ0n) is 15.1. The molecule has 1 aliphatic rings. The lowest BCUT2D eigenvalue weighted by molar-refractivity contribution is -0.148. The van der Waals surface area contributed by atoms with Crippen molar-refractivity contribution in [1.29, 1.82) is 0 Å². The maximum atomic E-state index is 12.7. The van der Waals surface area contributed by atoms with E-state index in [-0.39, 0.29) is 32.1 Å². The number of hydrogen-bond donors (Lipinski definition) is 0. The Bertz CT molecular complexity index is 807. The predicted molar refractivity (Wildman–Crippen MR) is 103 cm³/mol. The Morgan fingerprint density at radius 1 is 1.04 bits per heavy atom. The van der Waals surface area contributed by atoms with Crippen LogP contribution < -0.4 is 4.74 Å². The monoisotopic (exact) mass is 456 g/mol. The average molecular weight is 457 g/mol. The molecule has 28 heavy (non-hydrogen) atoms. The number of piperazine rings is 1. The second-order valence-corrected chi connectivity index (χ2v) is 7.45. The number of halogens is 4. The molecular formula is C20H20BrF3N2O2. The van der Waals surface area contributed by atoms with Crippen molar-refractivity contribution in [2.24, 2.45) is 0 Å². The predicted octanol–water partition coefficient (Wildman–Crippen LogP) is 4.35. The zero-order chi connectivity index (χ0) is 20.1. The van der Waals surface area contributed by atoms with E-state index in [9.17, 15) is 18.0 Å². The van der Waals surface area contributed by atoms with Crippen LogP contribution in [0.5, 0.6) is 5.75 Å². The van der Waals surface area contributed by atoms with Crippen molar-refractivity contribution in [3.8, 4) is 5.75 Å². The van der Waals surface area contributed by atoms with Gasteiger partial charge >= 0.3 is 6.18 Å². The summed E-state index contributed by atoms with van der Waals surface area (Å²) < 4.78 is 43.8. The molecule has 4 nitrogen and oxygen atoms in total. The molecule has 3 rings (SSSR count). The highest BCUT2D eigenvalue weighted by atomic mass is 79.9. The van der Waals surface area contributed by atoms with E-state index in [0.29, 0.717) is 22.4 Å². The van der Waals surface area contributed by atoms with Crippen LogP contribution in [-0.4, -0.2) is 54.6 Å². The van der Waals surface area contributed by atoms with Crippen LogP contribution in [-0.2, 0) is 6.61 Å². The first-order valence-electron chi connectivity index (χ1n) is 8.86. The fourth-order valence-corrected chi connectivity index (χ4v) is 3.56. The van der Waals surface area contributed by atoms with Gasteiger partial charge in [-0.1, -0.05) is 30.3 Å². The van der Waals surface area contributed by atoms with Crippen LogP contribution in [0.25, 0.3) is 0 Å². The fourth-order valence-electron chi connectivity index (χ4n) is 3.03. The molecule has 0 radical (unpaired) electrons. The molecule has 8 heteroatoms. The number of carbonyl (C=O) groups excluding carboxylic acids is 1. The third kappa shape index (κ3) is 5.72. The van der Waals surface area contributed by atoms with E-state index < -0.39 is 12.7 Å². The molecule has 0 unspecified atom stereocenters. The summed E-state index contributed by atoms with van der Waals surface area (Å²) in [6.45, 7) is 0.442. The molecule has 1 aliphatic heterocycles. The summed E-state index contributed by atoms with van der Waals surface area (Å²) in [5.74, 6) is 0.426. The largest absolute Gasteiger partial charge is 0.489 e. The second-order valence-electron chi connectivity index (χ2n) is 6.60. The van der Waals surface area contributed by atoms with Crippen molar-refractivity contribution in [2.45, 2.75) is 12.8 Å². The summed E-state index contributed by atoms with van der Waals surface area (Å²) >= 11 is 3.41. The van der Waals surface area contributed by atoms with Gasteiger partial charge in [0.05, 0.1) is 12.1 Å². The summed E-state index contributed by atoms with van der Waals surface area (Å²) in [6, 6.07) is 14.9. The topological polar surface area (TPSA) is 32.8 Å². The maximum Gasteiger partial charge on any atom is 0.401 e. The highest BCUT2D eigenvalue weighted by Gasteiger charge is 2.33. The fraction of sp³-hybridized carbons (Fsp3) is 0.350. The Morgan fingerprint density at radius 2 is 1.71 bits per heavy atom. The number of ether oxygens (including phenoxy) is 1. The summed E-state index contributed by atoms with van der Waals surface area (Å²) in [4.78, 5) is 15.6. The number of alkyl halides is 3. The van der Waals surface area contributed by atoms with E-state index >= 15 is 0 Å². The molecule has 0 spiro atoms. The van der Waals surface area contributed by atoms with Crippen molar-refractivity contribution >= 4 is 21.8 Å². The molecule has 0 saturated carbocycles. The normalized spacial score (nSPS) is 15.5. The van der Waals surface area contributed by atoms with Crippen LogP contribution in [0.3, 0.4) is 0 Å². The van der Waals surface area contributed by atoms with E-state index in [1.165, 1.54) is 4.90 Å². The van der Waals surface area contributed by atoms with Gasteiger partial charge in [0.25, 0.3) is 5.91 Å². The van der Waals surface area contributed by atoms with E-state index in [1.54, 1.807) is 23.1 Å². The van der Waals surface area contributed by atoms with Crippen molar-refractivity contribution in [3.05, 3.63) is 64.1 Å². The van der Waals surface area contributed by atoms with Gasteiger partial charge in [0.1, 0.15) is 12.4 Å². The first-order chi connectivity index (χ1) is 13.3. The first kappa shape index (κ1) is 20.7. The summed E-state index contributed by atoms with van der Waals surface area (Å²) in [5.41, 5.74) is 1.51. The molecule has 1 heterocycles. The molecular weight excluding hydrogens is 437 g/mol. The van der Waals surface area contributed by atoms with Crippen LogP contribution in [0.1, 0.15) is 15.9 Å². The third-order valence-corrected chi connectivity index (χ3v) is 5.14. The highest BCUT2D eigenvalue weighted by Crippen LogP contribution is 2.26. The minimum absolute atomic E-state index is 0.201. The number of benzene rings is 2. The minimum Gasteiger partial charge on any atom is -0.489 e. The van der Waals surface area contributed by atoms with Gasteiger partial charge < -0.3 is 9.64 Å². The zero-order valence-corrected chi connectivity index (χ0v) is 16.7. The van der Waals surface area contributed by atoms with E-state index in [1.807, 2.05) is 30.3 Å². The van der Waals surface area contributed by atoms with Crippen LogP contribution in [0.4, 0.5) is 13.2 Å². The van der Waals surface area contributed by atoms with Gasteiger partial charge in [-0.2, -0.15) is 13.2 Å². The standard InChI is InChI=1S/C20H20BrF3N2O2/c21-18-12-16(28-13-15-4-2-1-3-5-15)6-7-17(18)19(27)26-10-8-25(9-11-26)14-20(22,23)24/h1-7,12H,8-11,13-14H2. The number of hydrogen-bond acceptors (Lipinski definition) is 3. The Kier molecular flexibility index (Phi) is 6.61. The average Bonchev–Trinajstić information content (AvgIpc) is 2.66. The highest BCUT2D eigenvalue weighted by molar-refractivity contribution is 9.10. The summed E-state index contributed by atoms with van der Waals surface area (Å²) in [7, 11) is 0. The van der Waals surface area contributed by atoms with Crippen molar-refractivity contribution in [3.63, 3.8) is 0 Å².